The van der Waals surface area contributed by atoms with Crippen LogP contribution in [0.3, 0.4) is 0 Å². The smallest absolute Gasteiger partial charge is 0.118 e. The lowest BCUT2D eigenvalue weighted by atomic mass is 9.92. The van der Waals surface area contributed by atoms with Crippen LogP contribution in [0.2, 0.25) is 0 Å². The number of rotatable bonds is 7. The molecule has 23 heavy (non-hydrogen) atoms. The summed E-state index contributed by atoms with van der Waals surface area (Å²) >= 11 is 0. The average Bonchev–Trinajstić information content (AvgIpc) is 3.09. The summed E-state index contributed by atoms with van der Waals surface area (Å²) in [5, 5.41) is 0. The zero-order chi connectivity index (χ0) is 15.9. The van der Waals surface area contributed by atoms with E-state index in [-0.39, 0.29) is 0 Å². The molecule has 0 aliphatic carbocycles. The third kappa shape index (κ3) is 4.46. The second kappa shape index (κ2) is 7.63. The van der Waals surface area contributed by atoms with Crippen molar-refractivity contribution in [3.8, 4) is 5.75 Å². The minimum Gasteiger partial charge on any atom is -0.497 e. The van der Waals surface area contributed by atoms with E-state index in [4.69, 9.17) is 4.74 Å². The van der Waals surface area contributed by atoms with Crippen molar-refractivity contribution in [2.24, 2.45) is 5.92 Å². The van der Waals surface area contributed by atoms with Crippen molar-refractivity contribution >= 4 is 0 Å². The van der Waals surface area contributed by atoms with Crippen LogP contribution in [0.15, 0.2) is 73.3 Å². The van der Waals surface area contributed by atoms with E-state index in [9.17, 15) is 0 Å². The van der Waals surface area contributed by atoms with Crippen LogP contribution in [0.4, 0.5) is 0 Å². The molecule has 0 saturated carbocycles. The molecule has 2 aromatic carbocycles. The fraction of sp³-hybridized carbons (Fsp3) is 0.250. The molecular formula is C20H22N2O. The molecule has 1 aromatic heterocycles. The number of ether oxygens (including phenoxy) is 1. The predicted molar refractivity (Wildman–Crippen MR) is 92.6 cm³/mol. The summed E-state index contributed by atoms with van der Waals surface area (Å²) in [5.41, 5.74) is 2.72. The van der Waals surface area contributed by atoms with Crippen molar-refractivity contribution in [3.05, 3.63) is 84.4 Å². The summed E-state index contributed by atoms with van der Waals surface area (Å²) in [7, 11) is 1.70. The second-order valence-corrected chi connectivity index (χ2v) is 5.87. The Labute approximate surface area is 137 Å². The van der Waals surface area contributed by atoms with Crippen molar-refractivity contribution in [3.63, 3.8) is 0 Å². The van der Waals surface area contributed by atoms with Crippen LogP contribution in [0.5, 0.6) is 5.75 Å². The lowest BCUT2D eigenvalue weighted by Gasteiger charge is -2.18. The Morgan fingerprint density at radius 1 is 0.957 bits per heavy atom. The predicted octanol–water partition coefficient (Wildman–Crippen LogP) is 3.99. The number of hydrogen-bond donors (Lipinski definition) is 0. The van der Waals surface area contributed by atoms with Crippen molar-refractivity contribution in [1.29, 1.82) is 0 Å². The van der Waals surface area contributed by atoms with Crippen LogP contribution >= 0.6 is 0 Å². The Morgan fingerprint density at radius 3 is 2.26 bits per heavy atom. The molecule has 0 N–H and O–H groups in total. The molecule has 1 unspecified atom stereocenters. The van der Waals surface area contributed by atoms with Gasteiger partial charge in [-0.1, -0.05) is 42.5 Å². The fourth-order valence-electron chi connectivity index (χ4n) is 2.94. The van der Waals surface area contributed by atoms with Gasteiger partial charge < -0.3 is 9.30 Å². The standard InChI is InChI=1S/C20H22N2O/c1-23-20-9-7-18(8-10-20)14-19(15-22-12-11-21-16-22)13-17-5-3-2-4-6-17/h2-12,16,19H,13-15H2,1H3. The number of nitrogens with zero attached hydrogens (tertiary/aromatic N) is 2. The summed E-state index contributed by atoms with van der Waals surface area (Å²) < 4.78 is 7.41. The normalized spacial score (nSPS) is 12.0. The van der Waals surface area contributed by atoms with Crippen molar-refractivity contribution < 1.29 is 4.74 Å². The van der Waals surface area contributed by atoms with E-state index in [0.29, 0.717) is 5.92 Å². The van der Waals surface area contributed by atoms with E-state index in [1.165, 1.54) is 11.1 Å². The van der Waals surface area contributed by atoms with Crippen molar-refractivity contribution in [1.82, 2.24) is 9.55 Å². The molecule has 1 heterocycles. The lowest BCUT2D eigenvalue weighted by molar-refractivity contribution is 0.413. The maximum Gasteiger partial charge on any atom is 0.118 e. The summed E-state index contributed by atoms with van der Waals surface area (Å²) in [5.74, 6) is 1.43. The van der Waals surface area contributed by atoms with Crippen LogP contribution < -0.4 is 4.74 Å². The Morgan fingerprint density at radius 2 is 1.65 bits per heavy atom. The highest BCUT2D eigenvalue weighted by molar-refractivity contribution is 5.27. The van der Waals surface area contributed by atoms with Crippen LogP contribution in [0.1, 0.15) is 11.1 Å². The van der Waals surface area contributed by atoms with Gasteiger partial charge in [0.1, 0.15) is 5.75 Å². The molecule has 3 aromatic rings. The Bertz CT molecular complexity index is 690. The maximum atomic E-state index is 5.24. The first kappa shape index (κ1) is 15.3. The van der Waals surface area contributed by atoms with Crippen LogP contribution in [0.25, 0.3) is 0 Å². The minimum atomic E-state index is 0.528. The third-order valence-electron chi connectivity index (χ3n) is 4.08. The van der Waals surface area contributed by atoms with Gasteiger partial charge in [-0.3, -0.25) is 0 Å². The van der Waals surface area contributed by atoms with Gasteiger partial charge >= 0.3 is 0 Å². The highest BCUT2D eigenvalue weighted by atomic mass is 16.5. The van der Waals surface area contributed by atoms with E-state index < -0.39 is 0 Å². The van der Waals surface area contributed by atoms with Gasteiger partial charge in [-0.05, 0) is 42.0 Å². The molecule has 118 valence electrons. The number of methoxy groups -OCH3 is 1. The summed E-state index contributed by atoms with van der Waals surface area (Å²) in [6, 6.07) is 19.1. The molecule has 0 amide bonds. The molecule has 0 aliphatic rings. The molecule has 0 fully saturated rings. The Kier molecular flexibility index (Phi) is 5.09. The van der Waals surface area contributed by atoms with E-state index in [1.807, 2.05) is 30.9 Å². The zero-order valence-electron chi connectivity index (χ0n) is 13.4. The molecule has 0 aliphatic heterocycles. The topological polar surface area (TPSA) is 27.1 Å². The van der Waals surface area contributed by atoms with E-state index in [2.05, 4.69) is 52.0 Å². The largest absolute Gasteiger partial charge is 0.497 e. The van der Waals surface area contributed by atoms with Gasteiger partial charge in [-0.25, -0.2) is 4.98 Å². The fourth-order valence-corrected chi connectivity index (χ4v) is 2.94. The molecule has 0 radical (unpaired) electrons. The number of imidazole rings is 1. The first-order valence-corrected chi connectivity index (χ1v) is 7.96. The molecule has 0 spiro atoms. The molecule has 3 nitrogen and oxygen atoms in total. The van der Waals surface area contributed by atoms with Gasteiger partial charge in [-0.2, -0.15) is 0 Å². The van der Waals surface area contributed by atoms with Crippen molar-refractivity contribution in [2.45, 2.75) is 19.4 Å². The number of benzene rings is 2. The molecule has 0 bridgehead atoms. The highest BCUT2D eigenvalue weighted by Gasteiger charge is 2.12. The van der Waals surface area contributed by atoms with E-state index in [1.54, 1.807) is 7.11 Å². The van der Waals surface area contributed by atoms with Crippen LogP contribution in [-0.2, 0) is 19.4 Å². The van der Waals surface area contributed by atoms with Gasteiger partial charge in [0.05, 0.1) is 13.4 Å². The Balaban J connectivity index is 1.73. The number of hydrogen-bond acceptors (Lipinski definition) is 2. The molecule has 3 heteroatoms. The zero-order valence-corrected chi connectivity index (χ0v) is 13.4. The monoisotopic (exact) mass is 306 g/mol. The first-order chi connectivity index (χ1) is 11.3. The van der Waals surface area contributed by atoms with Gasteiger partial charge in [0.15, 0.2) is 0 Å². The summed E-state index contributed by atoms with van der Waals surface area (Å²) in [6.07, 6.45) is 7.87. The molecule has 3 rings (SSSR count). The van der Waals surface area contributed by atoms with Crippen LogP contribution in [-0.4, -0.2) is 16.7 Å². The second-order valence-electron chi connectivity index (χ2n) is 5.87. The van der Waals surface area contributed by atoms with Crippen molar-refractivity contribution in [2.75, 3.05) is 7.11 Å². The molecule has 1 atom stereocenters. The molecular weight excluding hydrogens is 284 g/mol. The lowest BCUT2D eigenvalue weighted by Crippen LogP contribution is -2.15. The van der Waals surface area contributed by atoms with Gasteiger partial charge in [-0.15, -0.1) is 0 Å². The van der Waals surface area contributed by atoms with E-state index in [0.717, 1.165) is 25.1 Å². The number of aromatic nitrogens is 2. The SMILES string of the molecule is COc1ccc(CC(Cc2ccccc2)Cn2ccnc2)cc1. The summed E-state index contributed by atoms with van der Waals surface area (Å²) in [6.45, 7) is 0.973. The van der Waals surface area contributed by atoms with Gasteiger partial charge in [0, 0.05) is 18.9 Å². The highest BCUT2D eigenvalue weighted by Crippen LogP contribution is 2.19. The molecule has 0 saturated heterocycles. The maximum absolute atomic E-state index is 5.24. The quantitative estimate of drug-likeness (QED) is 0.660. The first-order valence-electron chi connectivity index (χ1n) is 7.96. The van der Waals surface area contributed by atoms with Gasteiger partial charge in [0.2, 0.25) is 0 Å². The average molecular weight is 306 g/mol. The minimum absolute atomic E-state index is 0.528. The van der Waals surface area contributed by atoms with Gasteiger partial charge in [0.25, 0.3) is 0 Å². The van der Waals surface area contributed by atoms with E-state index >= 15 is 0 Å². The third-order valence-corrected chi connectivity index (χ3v) is 4.08. The summed E-state index contributed by atoms with van der Waals surface area (Å²) in [4.78, 5) is 4.16. The van der Waals surface area contributed by atoms with Crippen LogP contribution in [0, 0.1) is 5.92 Å². The Hall–Kier alpha value is -2.55.